The molecule has 1 aliphatic carbocycles. The number of carbonyl (C=O) groups excluding carboxylic acids is 1. The van der Waals surface area contributed by atoms with Gasteiger partial charge in [0.15, 0.2) is 11.5 Å². The molecule has 7 nitrogen and oxygen atoms in total. The molecule has 27 heavy (non-hydrogen) atoms. The number of rotatable bonds is 6. The van der Waals surface area contributed by atoms with E-state index in [1.807, 2.05) is 0 Å². The maximum Gasteiger partial charge on any atom is 0.360 e. The normalized spacial score (nSPS) is 15.1. The van der Waals surface area contributed by atoms with Crippen molar-refractivity contribution in [2.45, 2.75) is 30.5 Å². The summed E-state index contributed by atoms with van der Waals surface area (Å²) in [6, 6.07) is 3.21. The minimum atomic E-state index is -1.31. The molecule has 140 valence electrons. The Morgan fingerprint density at radius 1 is 1.37 bits per heavy atom. The maximum atomic E-state index is 13.2. The smallest absolute Gasteiger partial charge is 0.360 e. The van der Waals surface area contributed by atoms with E-state index >= 15 is 0 Å². The molecule has 0 spiro atoms. The molecule has 2 heterocycles. The largest absolute Gasteiger partial charge is 0.609 e. The van der Waals surface area contributed by atoms with Gasteiger partial charge in [0.1, 0.15) is 12.6 Å². The lowest BCUT2D eigenvalue weighted by molar-refractivity contribution is 0.103. The zero-order valence-electron chi connectivity index (χ0n) is 14.2. The molecule has 3 aromatic rings. The second-order valence-corrected chi connectivity index (χ2v) is 8.33. The minimum absolute atomic E-state index is 0.161. The molecule has 4 rings (SSSR count). The van der Waals surface area contributed by atoms with E-state index in [4.69, 9.17) is 27.7 Å². The topological polar surface area (TPSA) is 96.9 Å². The van der Waals surface area contributed by atoms with Crippen LogP contribution in [0.1, 0.15) is 46.0 Å². The highest BCUT2D eigenvalue weighted by atomic mass is 35.5. The number of ketones is 1. The highest BCUT2D eigenvalue weighted by Gasteiger charge is 2.33. The summed E-state index contributed by atoms with van der Waals surface area (Å²) in [7, 11) is 0. The van der Waals surface area contributed by atoms with E-state index < -0.39 is 11.2 Å². The summed E-state index contributed by atoms with van der Waals surface area (Å²) in [4.78, 5) is 17.2. The molecular formula is C17H14Cl2N4O3S. The lowest BCUT2D eigenvalue weighted by Crippen LogP contribution is -2.11. The molecule has 0 radical (unpaired) electrons. The summed E-state index contributed by atoms with van der Waals surface area (Å²) in [5.74, 6) is 0.627. The monoisotopic (exact) mass is 424 g/mol. The SMILES string of the molecule is C[S+]([O-])c1ncn(Cc2c(C(=O)c3cnoc3C3CC3)ccc(Cl)c2Cl)n1. The number of carbonyl (C=O) groups is 1. The van der Waals surface area contributed by atoms with Crippen LogP contribution in [-0.2, 0) is 17.7 Å². The average Bonchev–Trinajstić information content (AvgIpc) is 3.18. The second-order valence-electron chi connectivity index (χ2n) is 6.27. The van der Waals surface area contributed by atoms with Crippen LogP contribution in [-0.4, -0.2) is 36.5 Å². The molecule has 0 amide bonds. The van der Waals surface area contributed by atoms with Crippen molar-refractivity contribution in [2.75, 3.05) is 6.26 Å². The van der Waals surface area contributed by atoms with Crippen LogP contribution in [0, 0.1) is 0 Å². The van der Waals surface area contributed by atoms with Gasteiger partial charge in [0, 0.05) is 28.2 Å². The van der Waals surface area contributed by atoms with Gasteiger partial charge in [0.05, 0.1) is 28.4 Å². The maximum absolute atomic E-state index is 13.2. The molecule has 1 atom stereocenters. The first-order valence-corrected chi connectivity index (χ1v) is 10.5. The van der Waals surface area contributed by atoms with Crippen molar-refractivity contribution < 1.29 is 13.9 Å². The number of hydrogen-bond donors (Lipinski definition) is 0. The van der Waals surface area contributed by atoms with Crippen molar-refractivity contribution in [1.29, 1.82) is 0 Å². The highest BCUT2D eigenvalue weighted by molar-refractivity contribution is 7.90. The summed E-state index contributed by atoms with van der Waals surface area (Å²) >= 11 is 11.2. The lowest BCUT2D eigenvalue weighted by Gasteiger charge is -2.12. The van der Waals surface area contributed by atoms with Crippen LogP contribution in [0.4, 0.5) is 0 Å². The molecule has 0 bridgehead atoms. The molecule has 1 unspecified atom stereocenters. The van der Waals surface area contributed by atoms with Crippen LogP contribution in [0.5, 0.6) is 0 Å². The van der Waals surface area contributed by atoms with E-state index in [0.29, 0.717) is 27.5 Å². The predicted molar refractivity (Wildman–Crippen MR) is 99.8 cm³/mol. The first kappa shape index (κ1) is 18.5. The average molecular weight is 425 g/mol. The van der Waals surface area contributed by atoms with E-state index in [0.717, 1.165) is 12.8 Å². The highest BCUT2D eigenvalue weighted by Crippen LogP contribution is 2.42. The molecular weight excluding hydrogens is 411 g/mol. The predicted octanol–water partition coefficient (Wildman–Crippen LogP) is 3.47. The fraction of sp³-hybridized carbons (Fsp3) is 0.294. The van der Waals surface area contributed by atoms with Crippen LogP contribution >= 0.6 is 23.2 Å². The van der Waals surface area contributed by atoms with Gasteiger partial charge in [-0.3, -0.25) is 4.79 Å². The van der Waals surface area contributed by atoms with Crippen LogP contribution in [0.15, 0.2) is 34.3 Å². The summed E-state index contributed by atoms with van der Waals surface area (Å²) in [6.45, 7) is 0.161. The van der Waals surface area contributed by atoms with E-state index in [9.17, 15) is 9.35 Å². The lowest BCUT2D eigenvalue weighted by atomic mass is 9.97. The van der Waals surface area contributed by atoms with Gasteiger partial charge in [-0.25, -0.2) is 4.68 Å². The second kappa shape index (κ2) is 7.27. The number of benzene rings is 1. The fourth-order valence-electron chi connectivity index (χ4n) is 2.81. The van der Waals surface area contributed by atoms with Gasteiger partial charge in [-0.2, -0.15) is 4.98 Å². The first-order chi connectivity index (χ1) is 13.0. The van der Waals surface area contributed by atoms with Crippen molar-refractivity contribution >= 4 is 40.2 Å². The van der Waals surface area contributed by atoms with Crippen LogP contribution in [0.25, 0.3) is 0 Å². The Kier molecular flexibility index (Phi) is 4.98. The summed E-state index contributed by atoms with van der Waals surface area (Å²) in [5, 5.41) is 8.75. The van der Waals surface area contributed by atoms with Gasteiger partial charge in [0.2, 0.25) is 0 Å². The molecule has 2 aromatic heterocycles. The molecule has 0 saturated heterocycles. The molecule has 1 saturated carbocycles. The van der Waals surface area contributed by atoms with Crippen molar-refractivity contribution in [2.24, 2.45) is 0 Å². The Labute approximate surface area is 167 Å². The van der Waals surface area contributed by atoms with Gasteiger partial charge in [-0.05, 0) is 25.0 Å². The molecule has 0 N–H and O–H groups in total. The van der Waals surface area contributed by atoms with Crippen LogP contribution in [0.3, 0.4) is 0 Å². The third kappa shape index (κ3) is 3.62. The molecule has 1 aromatic carbocycles. The van der Waals surface area contributed by atoms with Gasteiger partial charge >= 0.3 is 5.16 Å². The Bertz CT molecular complexity index is 1010. The standard InChI is InChI=1S/C17H14Cl2N4O3S/c1-27(25)17-20-8-23(22-17)7-12-10(4-5-13(18)14(12)19)15(24)11-6-21-26-16(11)9-2-3-9/h4-6,8-9H,2-3,7H2,1H3. The quantitative estimate of drug-likeness (QED) is 0.443. The van der Waals surface area contributed by atoms with Crippen LogP contribution in [0.2, 0.25) is 10.0 Å². The molecule has 1 fully saturated rings. The summed E-state index contributed by atoms with van der Waals surface area (Å²) < 4.78 is 18.3. The number of aromatic nitrogens is 4. The molecule has 1 aliphatic rings. The third-order valence-corrected chi connectivity index (χ3v) is 5.87. The number of hydrogen-bond acceptors (Lipinski definition) is 6. The van der Waals surface area contributed by atoms with E-state index in [-0.39, 0.29) is 28.4 Å². The Balaban J connectivity index is 1.73. The fourth-order valence-corrected chi connectivity index (χ4v) is 3.63. The Hall–Kier alpha value is -1.87. The van der Waals surface area contributed by atoms with E-state index in [1.54, 1.807) is 12.1 Å². The zero-order chi connectivity index (χ0) is 19.1. The van der Waals surface area contributed by atoms with Crippen molar-refractivity contribution in [1.82, 2.24) is 19.9 Å². The zero-order valence-corrected chi connectivity index (χ0v) is 16.5. The Morgan fingerprint density at radius 3 is 2.81 bits per heavy atom. The number of nitrogens with zero attached hydrogens (tertiary/aromatic N) is 4. The van der Waals surface area contributed by atoms with Crippen LogP contribution < -0.4 is 0 Å². The van der Waals surface area contributed by atoms with Gasteiger partial charge in [-0.15, -0.1) is 5.10 Å². The third-order valence-electron chi connectivity index (χ3n) is 4.32. The van der Waals surface area contributed by atoms with Gasteiger partial charge in [0.25, 0.3) is 0 Å². The summed E-state index contributed by atoms with van der Waals surface area (Å²) in [5.41, 5.74) is 1.34. The van der Waals surface area contributed by atoms with E-state index in [2.05, 4.69) is 15.2 Å². The van der Waals surface area contributed by atoms with Crippen molar-refractivity contribution in [3.63, 3.8) is 0 Å². The van der Waals surface area contributed by atoms with Crippen molar-refractivity contribution in [3.8, 4) is 0 Å². The Morgan fingerprint density at radius 2 is 2.15 bits per heavy atom. The molecule has 0 aliphatic heterocycles. The van der Waals surface area contributed by atoms with Gasteiger partial charge < -0.3 is 9.08 Å². The summed E-state index contributed by atoms with van der Waals surface area (Å²) in [6.07, 6.45) is 6.35. The number of halogens is 2. The minimum Gasteiger partial charge on any atom is -0.609 e. The van der Waals surface area contributed by atoms with Crippen molar-refractivity contribution in [3.05, 3.63) is 57.2 Å². The first-order valence-electron chi connectivity index (χ1n) is 8.14. The molecule has 10 heteroatoms. The van der Waals surface area contributed by atoms with Gasteiger partial charge in [-0.1, -0.05) is 28.4 Å². The van der Waals surface area contributed by atoms with E-state index in [1.165, 1.54) is 23.5 Å².